The molecule has 0 spiro atoms. The van der Waals surface area contributed by atoms with Gasteiger partial charge in [-0.05, 0) is 79.0 Å². The summed E-state index contributed by atoms with van der Waals surface area (Å²) in [5.41, 5.74) is 4.83. The molecule has 4 N–H and O–H groups in total. The summed E-state index contributed by atoms with van der Waals surface area (Å²) in [6.45, 7) is 9.35. The summed E-state index contributed by atoms with van der Waals surface area (Å²) in [7, 11) is 0. The number of nitriles is 1. The number of β-amino-alcohol motifs (C(OH)–C–C–N with tert-alkyl or cyclic N) is 1. The molecule has 7 heterocycles. The fourth-order valence-electron chi connectivity index (χ4n) is 9.03. The standard InChI is InChI=1S/C49H54F2N12O5S/c1-28(31-6-8-33(9-7-31)42-29(2)56-27-69-42)57-45(66)38-21-35(64)24-63(38)47(68)43(48(3,4)5)60-44(65)36-22-37(55-26-54-36)46(67)61-15-11-32(12-16-61)34-19-40(58-39-18-30(23-52)10-14-53-39)59-41(20-34)62-17-13-49(50,51)25-62/h6-10,14,18-20,22,26-28,32,35,38,43,64H,11-13,15-17,21,24-25H2,1-5H3,(H,57,66)(H,60,65)(H,53,58,59)/t28-,35+,38-,43+/m0/s1. The van der Waals surface area contributed by atoms with Crippen LogP contribution < -0.4 is 20.9 Å². The lowest BCUT2D eigenvalue weighted by Crippen LogP contribution is -2.58. The van der Waals surface area contributed by atoms with Crippen LogP contribution in [0.2, 0.25) is 0 Å². The molecule has 69 heavy (non-hydrogen) atoms. The van der Waals surface area contributed by atoms with Crippen molar-refractivity contribution in [3.05, 3.63) is 106 Å². The molecule has 0 unspecified atom stereocenters. The lowest BCUT2D eigenvalue weighted by Gasteiger charge is -2.35. The van der Waals surface area contributed by atoms with Gasteiger partial charge in [0.05, 0.1) is 46.4 Å². The minimum Gasteiger partial charge on any atom is -0.391 e. The molecule has 3 saturated heterocycles. The van der Waals surface area contributed by atoms with E-state index in [1.165, 1.54) is 17.2 Å². The zero-order chi connectivity index (χ0) is 49.2. The number of halogens is 2. The first-order valence-electron chi connectivity index (χ1n) is 22.8. The minimum absolute atomic E-state index is 0.0196. The number of anilines is 3. The van der Waals surface area contributed by atoms with Crippen molar-refractivity contribution in [1.29, 1.82) is 5.26 Å². The van der Waals surface area contributed by atoms with Crippen LogP contribution in [0.15, 0.2) is 72.6 Å². The topological polar surface area (TPSA) is 223 Å². The van der Waals surface area contributed by atoms with E-state index in [0.29, 0.717) is 48.9 Å². The van der Waals surface area contributed by atoms with E-state index in [9.17, 15) is 38.3 Å². The van der Waals surface area contributed by atoms with Crippen molar-refractivity contribution in [3.8, 4) is 16.5 Å². The first kappa shape index (κ1) is 48.5. The first-order valence-corrected chi connectivity index (χ1v) is 23.7. The smallest absolute Gasteiger partial charge is 0.272 e. The average Bonchev–Trinajstić information content (AvgIpc) is 4.06. The van der Waals surface area contributed by atoms with Crippen LogP contribution in [0.3, 0.4) is 0 Å². The molecule has 20 heteroatoms. The average molecular weight is 961 g/mol. The maximum atomic E-state index is 14.4. The van der Waals surface area contributed by atoms with E-state index in [1.807, 2.05) is 50.2 Å². The fourth-order valence-corrected chi connectivity index (χ4v) is 9.84. The van der Waals surface area contributed by atoms with Crippen LogP contribution in [-0.4, -0.2) is 120 Å². The van der Waals surface area contributed by atoms with Gasteiger partial charge in [0.2, 0.25) is 11.8 Å². The van der Waals surface area contributed by atoms with Gasteiger partial charge in [-0.2, -0.15) is 5.26 Å². The van der Waals surface area contributed by atoms with E-state index in [2.05, 4.69) is 46.9 Å². The predicted molar refractivity (Wildman–Crippen MR) is 254 cm³/mol. The quantitative estimate of drug-likeness (QED) is 0.110. The predicted octanol–water partition coefficient (Wildman–Crippen LogP) is 6.16. The molecule has 1 aromatic carbocycles. The molecule has 360 valence electrons. The number of pyridine rings is 2. The van der Waals surface area contributed by atoms with Crippen molar-refractivity contribution in [2.45, 2.75) is 96.4 Å². The molecule has 3 aliphatic heterocycles. The number of nitrogens with zero attached hydrogens (tertiary/aromatic N) is 9. The second kappa shape index (κ2) is 19.9. The van der Waals surface area contributed by atoms with Crippen LogP contribution in [0.1, 0.15) is 109 Å². The molecule has 3 fully saturated rings. The highest BCUT2D eigenvalue weighted by Crippen LogP contribution is 2.36. The number of thiazole rings is 1. The van der Waals surface area contributed by atoms with Gasteiger partial charge >= 0.3 is 0 Å². The van der Waals surface area contributed by atoms with Crippen molar-refractivity contribution in [2.75, 3.05) is 42.9 Å². The molecule has 0 saturated carbocycles. The van der Waals surface area contributed by atoms with Crippen LogP contribution in [0, 0.1) is 23.7 Å². The molecule has 5 aromatic rings. The maximum absolute atomic E-state index is 14.4. The Morgan fingerprint density at radius 3 is 2.35 bits per heavy atom. The number of aromatic nitrogens is 5. The van der Waals surface area contributed by atoms with Gasteiger partial charge in [-0.15, -0.1) is 11.3 Å². The van der Waals surface area contributed by atoms with Crippen molar-refractivity contribution in [2.24, 2.45) is 5.41 Å². The molecule has 4 atom stereocenters. The third kappa shape index (κ3) is 11.2. The zero-order valence-electron chi connectivity index (χ0n) is 38.9. The van der Waals surface area contributed by atoms with Crippen molar-refractivity contribution >= 4 is 52.4 Å². The second-order valence-electron chi connectivity index (χ2n) is 19.0. The number of nitrogens with one attached hydrogen (secondary N) is 3. The first-order chi connectivity index (χ1) is 32.8. The Balaban J connectivity index is 0.912. The van der Waals surface area contributed by atoms with Gasteiger partial charge in [-0.1, -0.05) is 45.0 Å². The molecule has 3 aliphatic rings. The van der Waals surface area contributed by atoms with E-state index < -0.39 is 65.7 Å². The third-order valence-corrected chi connectivity index (χ3v) is 13.9. The van der Waals surface area contributed by atoms with E-state index in [0.717, 1.165) is 33.6 Å². The number of alkyl halides is 2. The monoisotopic (exact) mass is 960 g/mol. The van der Waals surface area contributed by atoms with Crippen molar-refractivity contribution in [1.82, 2.24) is 45.4 Å². The Morgan fingerprint density at radius 1 is 0.942 bits per heavy atom. The van der Waals surface area contributed by atoms with Gasteiger partial charge in [0.25, 0.3) is 17.7 Å². The molecule has 4 aromatic heterocycles. The summed E-state index contributed by atoms with van der Waals surface area (Å²) in [6.07, 6.45) is 2.45. The van der Waals surface area contributed by atoms with Crippen molar-refractivity contribution in [3.63, 3.8) is 0 Å². The SMILES string of the molecule is Cc1ncsc1-c1ccc([C@H](C)NC(=O)[C@@H]2C[C@@H](O)CN2C(=O)[C@@H](NC(=O)c2cc(C(=O)N3CCC(c4cc(Nc5cc(C#N)ccn5)nc(N5CCC(F)(F)C5)c4)CC3)ncn2)C(C)(C)C)cc1. The number of aryl methyl sites for hydroxylation is 1. The number of rotatable bonds is 12. The molecule has 17 nitrogen and oxygen atoms in total. The second-order valence-corrected chi connectivity index (χ2v) is 19.8. The highest BCUT2D eigenvalue weighted by Gasteiger charge is 2.45. The van der Waals surface area contributed by atoms with Gasteiger partial charge in [-0.3, -0.25) is 19.2 Å². The highest BCUT2D eigenvalue weighted by molar-refractivity contribution is 7.13. The number of amides is 4. The van der Waals surface area contributed by atoms with Gasteiger partial charge < -0.3 is 35.8 Å². The van der Waals surface area contributed by atoms with Crippen LogP contribution in [0.5, 0.6) is 0 Å². The number of hydrogen-bond donors (Lipinski definition) is 4. The number of piperidine rings is 1. The number of aliphatic hydroxyl groups is 1. The number of carbonyl (C=O) groups is 4. The molecule has 8 rings (SSSR count). The zero-order valence-corrected chi connectivity index (χ0v) is 39.8. The Hall–Kier alpha value is -6.98. The largest absolute Gasteiger partial charge is 0.391 e. The number of hydrogen-bond acceptors (Lipinski definition) is 14. The van der Waals surface area contributed by atoms with Crippen LogP contribution in [0.25, 0.3) is 10.4 Å². The summed E-state index contributed by atoms with van der Waals surface area (Å²) in [6, 6.07) is 15.4. The highest BCUT2D eigenvalue weighted by atomic mass is 32.1. The summed E-state index contributed by atoms with van der Waals surface area (Å²) in [5, 5.41) is 29.1. The van der Waals surface area contributed by atoms with E-state index in [-0.39, 0.29) is 43.2 Å². The minimum atomic E-state index is -2.84. The summed E-state index contributed by atoms with van der Waals surface area (Å²) in [5.74, 6) is -3.89. The van der Waals surface area contributed by atoms with Gasteiger partial charge in [0.15, 0.2) is 0 Å². The Labute approximate surface area is 402 Å². The number of aliphatic hydroxyl groups excluding tert-OH is 1. The van der Waals surface area contributed by atoms with E-state index in [1.54, 1.807) is 59.6 Å². The van der Waals surface area contributed by atoms with Gasteiger partial charge in [-0.25, -0.2) is 33.7 Å². The van der Waals surface area contributed by atoms with Gasteiger partial charge in [0.1, 0.15) is 47.3 Å². The lowest BCUT2D eigenvalue weighted by atomic mass is 9.85. The Kier molecular flexibility index (Phi) is 14.0. The van der Waals surface area contributed by atoms with Crippen molar-refractivity contribution < 1.29 is 33.1 Å². The number of benzene rings is 1. The summed E-state index contributed by atoms with van der Waals surface area (Å²) >= 11 is 1.55. The Morgan fingerprint density at radius 2 is 1.68 bits per heavy atom. The molecular weight excluding hydrogens is 907 g/mol. The molecule has 0 bridgehead atoms. The molecule has 4 amide bonds. The molecule has 0 aliphatic carbocycles. The number of likely N-dealkylation sites (tertiary alicyclic amines) is 2. The van der Waals surface area contributed by atoms with Crippen LogP contribution in [0.4, 0.5) is 26.2 Å². The van der Waals surface area contributed by atoms with Gasteiger partial charge in [0, 0.05) is 51.3 Å². The number of carbonyl (C=O) groups excluding carboxylic acids is 4. The normalized spacial score (nSPS) is 19.1. The summed E-state index contributed by atoms with van der Waals surface area (Å²) < 4.78 is 28.6. The Bertz CT molecular complexity index is 2770. The fraction of sp³-hybridized carbons (Fsp3) is 0.429. The van der Waals surface area contributed by atoms with Crippen LogP contribution in [-0.2, 0) is 9.59 Å². The lowest BCUT2D eigenvalue weighted by molar-refractivity contribution is -0.142. The molecular formula is C49H54F2N12O5S. The van der Waals surface area contributed by atoms with E-state index in [4.69, 9.17) is 0 Å². The van der Waals surface area contributed by atoms with E-state index >= 15 is 0 Å². The summed E-state index contributed by atoms with van der Waals surface area (Å²) in [4.78, 5) is 83.1. The molecule has 0 radical (unpaired) electrons. The third-order valence-electron chi connectivity index (χ3n) is 12.9. The van der Waals surface area contributed by atoms with Crippen LogP contribution >= 0.6 is 11.3 Å². The maximum Gasteiger partial charge on any atom is 0.272 e.